The highest BCUT2D eigenvalue weighted by Gasteiger charge is 2.20. The lowest BCUT2D eigenvalue weighted by Gasteiger charge is -2.13. The van der Waals surface area contributed by atoms with E-state index in [4.69, 9.17) is 9.47 Å². The molecule has 0 saturated heterocycles. The lowest BCUT2D eigenvalue weighted by molar-refractivity contribution is 0.0319. The van der Waals surface area contributed by atoms with Gasteiger partial charge in [0.2, 0.25) is 5.78 Å². The molecule has 0 amide bonds. The first-order chi connectivity index (χ1) is 12.1. The van der Waals surface area contributed by atoms with Crippen LogP contribution in [-0.2, 0) is 4.74 Å². The van der Waals surface area contributed by atoms with Crippen molar-refractivity contribution in [3.8, 4) is 5.75 Å². The topological polar surface area (TPSA) is 78.4 Å². The van der Waals surface area contributed by atoms with Crippen molar-refractivity contribution in [2.75, 3.05) is 7.11 Å². The second-order valence-electron chi connectivity index (χ2n) is 5.40. The summed E-state index contributed by atoms with van der Waals surface area (Å²) >= 11 is 0. The summed E-state index contributed by atoms with van der Waals surface area (Å²) in [4.78, 5) is 33.0. The molecular weight excluding hydrogens is 320 g/mol. The van der Waals surface area contributed by atoms with E-state index in [1.165, 1.54) is 0 Å². The van der Waals surface area contributed by atoms with Crippen LogP contribution in [-0.4, -0.2) is 34.9 Å². The van der Waals surface area contributed by atoms with Gasteiger partial charge in [-0.3, -0.25) is 14.8 Å². The first kappa shape index (κ1) is 16.6. The highest BCUT2D eigenvalue weighted by Crippen LogP contribution is 2.16. The Balaban J connectivity index is 1.72. The normalized spacial score (nSPS) is 11.8. The van der Waals surface area contributed by atoms with E-state index < -0.39 is 12.1 Å². The van der Waals surface area contributed by atoms with Gasteiger partial charge < -0.3 is 9.47 Å². The molecule has 0 bridgehead atoms. The van der Waals surface area contributed by atoms with Gasteiger partial charge in [0.05, 0.1) is 23.7 Å². The Kier molecular flexibility index (Phi) is 4.70. The van der Waals surface area contributed by atoms with Crippen LogP contribution in [0.15, 0.2) is 54.9 Å². The van der Waals surface area contributed by atoms with E-state index in [1.807, 2.05) is 0 Å². The number of carbonyl (C=O) groups is 2. The van der Waals surface area contributed by atoms with Crippen molar-refractivity contribution >= 4 is 22.8 Å². The van der Waals surface area contributed by atoms with Gasteiger partial charge in [-0.05, 0) is 49.4 Å². The summed E-state index contributed by atoms with van der Waals surface area (Å²) in [6, 6.07) is 11.5. The first-order valence-corrected chi connectivity index (χ1v) is 7.68. The van der Waals surface area contributed by atoms with Crippen molar-refractivity contribution in [2.45, 2.75) is 13.0 Å². The molecule has 126 valence electrons. The minimum Gasteiger partial charge on any atom is -0.497 e. The molecule has 0 saturated carbocycles. The van der Waals surface area contributed by atoms with Crippen LogP contribution in [0.4, 0.5) is 0 Å². The number of fused-ring (bicyclic) bond motifs is 1. The molecule has 2 aromatic carbocycles. The summed E-state index contributed by atoms with van der Waals surface area (Å²) in [5.41, 5.74) is 2.04. The molecule has 0 radical (unpaired) electrons. The summed E-state index contributed by atoms with van der Waals surface area (Å²) in [6.07, 6.45) is 2.22. The van der Waals surface area contributed by atoms with E-state index in [2.05, 4.69) is 9.97 Å². The molecule has 6 heteroatoms. The summed E-state index contributed by atoms with van der Waals surface area (Å²) in [5, 5.41) is 0. The molecule has 1 aromatic heterocycles. The maximum atomic E-state index is 12.4. The predicted molar refractivity (Wildman–Crippen MR) is 91.7 cm³/mol. The number of benzene rings is 2. The summed E-state index contributed by atoms with van der Waals surface area (Å²) in [7, 11) is 1.55. The van der Waals surface area contributed by atoms with Crippen LogP contribution < -0.4 is 4.74 Å². The third kappa shape index (κ3) is 3.63. The molecule has 1 atom stereocenters. The van der Waals surface area contributed by atoms with Crippen molar-refractivity contribution in [1.29, 1.82) is 0 Å². The van der Waals surface area contributed by atoms with E-state index in [0.29, 0.717) is 27.9 Å². The number of carbonyl (C=O) groups excluding carboxylic acids is 2. The average Bonchev–Trinajstić information content (AvgIpc) is 2.67. The van der Waals surface area contributed by atoms with Crippen molar-refractivity contribution in [3.63, 3.8) is 0 Å². The van der Waals surface area contributed by atoms with Crippen molar-refractivity contribution in [1.82, 2.24) is 9.97 Å². The molecule has 0 aliphatic carbocycles. The number of aromatic nitrogens is 2. The van der Waals surface area contributed by atoms with Crippen molar-refractivity contribution in [3.05, 3.63) is 66.0 Å². The van der Waals surface area contributed by atoms with Crippen LogP contribution in [0.1, 0.15) is 27.6 Å². The van der Waals surface area contributed by atoms with Gasteiger partial charge in [0.15, 0.2) is 6.10 Å². The van der Waals surface area contributed by atoms with E-state index in [9.17, 15) is 9.59 Å². The maximum absolute atomic E-state index is 12.4. The molecule has 0 aliphatic heterocycles. The Morgan fingerprint density at radius 3 is 2.24 bits per heavy atom. The molecule has 3 rings (SSSR count). The number of methoxy groups -OCH3 is 1. The van der Waals surface area contributed by atoms with Gasteiger partial charge in [-0.15, -0.1) is 0 Å². The Labute approximate surface area is 144 Å². The summed E-state index contributed by atoms with van der Waals surface area (Å²) in [5.74, 6) is -0.211. The van der Waals surface area contributed by atoms with E-state index in [1.54, 1.807) is 68.9 Å². The molecule has 1 unspecified atom stereocenters. The monoisotopic (exact) mass is 336 g/mol. The highest BCUT2D eigenvalue weighted by molar-refractivity contribution is 6.02. The van der Waals surface area contributed by atoms with E-state index in [0.717, 1.165) is 0 Å². The third-order valence-corrected chi connectivity index (χ3v) is 3.73. The van der Waals surface area contributed by atoms with Gasteiger partial charge in [-0.1, -0.05) is 0 Å². The maximum Gasteiger partial charge on any atom is 0.338 e. The van der Waals surface area contributed by atoms with Crippen LogP contribution in [0.5, 0.6) is 5.75 Å². The van der Waals surface area contributed by atoms with Crippen molar-refractivity contribution < 1.29 is 19.1 Å². The van der Waals surface area contributed by atoms with Gasteiger partial charge in [0.1, 0.15) is 5.75 Å². The average molecular weight is 336 g/mol. The highest BCUT2D eigenvalue weighted by atomic mass is 16.5. The lowest BCUT2D eigenvalue weighted by Crippen LogP contribution is -2.24. The lowest BCUT2D eigenvalue weighted by atomic mass is 10.1. The Hall–Kier alpha value is -3.28. The number of hydrogen-bond donors (Lipinski definition) is 0. The molecule has 0 N–H and O–H groups in total. The van der Waals surface area contributed by atoms with Crippen LogP contribution in [0.25, 0.3) is 11.0 Å². The van der Waals surface area contributed by atoms with Gasteiger partial charge in [0, 0.05) is 18.0 Å². The van der Waals surface area contributed by atoms with Crippen LogP contribution in [0.3, 0.4) is 0 Å². The Morgan fingerprint density at radius 2 is 1.56 bits per heavy atom. The molecule has 0 fully saturated rings. The number of esters is 1. The fraction of sp³-hybridized carbons (Fsp3) is 0.158. The van der Waals surface area contributed by atoms with Crippen molar-refractivity contribution in [2.24, 2.45) is 0 Å². The molecule has 6 nitrogen and oxygen atoms in total. The number of hydrogen-bond acceptors (Lipinski definition) is 6. The number of ketones is 1. The molecule has 25 heavy (non-hydrogen) atoms. The summed E-state index contributed by atoms with van der Waals surface area (Å²) < 4.78 is 10.3. The molecular formula is C19H16N2O4. The standard InChI is InChI=1S/C19H16N2O4/c1-12(18(22)13-3-6-15(24-2)7-4-13)25-19(23)14-5-8-16-17(11-14)21-10-9-20-16/h3-12H,1-2H3. The third-order valence-electron chi connectivity index (χ3n) is 3.73. The fourth-order valence-electron chi connectivity index (χ4n) is 2.36. The second kappa shape index (κ2) is 7.09. The Morgan fingerprint density at radius 1 is 0.920 bits per heavy atom. The number of Topliss-reactive ketones (excluding diaryl/α,β-unsaturated/α-hetero) is 1. The fourth-order valence-corrected chi connectivity index (χ4v) is 2.36. The van der Waals surface area contributed by atoms with E-state index >= 15 is 0 Å². The molecule has 0 aliphatic rings. The van der Waals surface area contributed by atoms with Crippen LogP contribution in [0.2, 0.25) is 0 Å². The second-order valence-corrected chi connectivity index (χ2v) is 5.40. The molecule has 1 heterocycles. The minimum atomic E-state index is -0.904. The smallest absolute Gasteiger partial charge is 0.338 e. The van der Waals surface area contributed by atoms with Gasteiger partial charge in [0.25, 0.3) is 0 Å². The number of nitrogens with zero attached hydrogens (tertiary/aromatic N) is 2. The number of rotatable bonds is 5. The predicted octanol–water partition coefficient (Wildman–Crippen LogP) is 3.07. The van der Waals surface area contributed by atoms with Gasteiger partial charge in [-0.2, -0.15) is 0 Å². The molecule has 0 spiro atoms. The zero-order valence-corrected chi connectivity index (χ0v) is 13.8. The van der Waals surface area contributed by atoms with E-state index in [-0.39, 0.29) is 5.78 Å². The van der Waals surface area contributed by atoms with Gasteiger partial charge in [-0.25, -0.2) is 4.79 Å². The number of ether oxygens (including phenoxy) is 2. The summed E-state index contributed by atoms with van der Waals surface area (Å²) in [6.45, 7) is 1.55. The zero-order valence-electron chi connectivity index (χ0n) is 13.8. The quantitative estimate of drug-likeness (QED) is 0.526. The minimum absolute atomic E-state index is 0.281. The first-order valence-electron chi connectivity index (χ1n) is 7.68. The SMILES string of the molecule is COc1ccc(C(=O)C(C)OC(=O)c2ccc3nccnc3c2)cc1. The van der Waals surface area contributed by atoms with Crippen LogP contribution >= 0.6 is 0 Å². The zero-order chi connectivity index (χ0) is 17.8. The van der Waals surface area contributed by atoms with Crippen LogP contribution in [0, 0.1) is 0 Å². The largest absolute Gasteiger partial charge is 0.497 e. The van der Waals surface area contributed by atoms with Gasteiger partial charge >= 0.3 is 5.97 Å². The Bertz CT molecular complexity index is 922. The molecule has 3 aromatic rings.